The molecule has 4 heteroatoms. The Balaban J connectivity index is 2.68. The normalized spacial score (nSPS) is 22.4. The molecule has 1 rings (SSSR count). The standard InChI is InChI=1S/C14H22O4/c1-14(2,13(15)16)9-8-11-6-4-5-7-12(11)18-10-17-3/h4,6,8,12H,5,7,9-10H2,1-3H3,(H,15,16)/b11-8+/t12-/m1/s1. The fraction of sp³-hybridized carbons (Fsp3) is 0.643. The van der Waals surface area contributed by atoms with Crippen molar-refractivity contribution >= 4 is 5.97 Å². The second kappa shape index (κ2) is 6.71. The van der Waals surface area contributed by atoms with Crippen LogP contribution in [0.5, 0.6) is 0 Å². The van der Waals surface area contributed by atoms with E-state index in [0.29, 0.717) is 6.42 Å². The summed E-state index contributed by atoms with van der Waals surface area (Å²) in [5.41, 5.74) is 0.303. The molecule has 0 amide bonds. The fourth-order valence-electron chi connectivity index (χ4n) is 1.73. The van der Waals surface area contributed by atoms with Crippen molar-refractivity contribution in [2.45, 2.75) is 39.2 Å². The summed E-state index contributed by atoms with van der Waals surface area (Å²) in [6.07, 6.45) is 8.47. The third-order valence-corrected chi connectivity index (χ3v) is 3.09. The molecule has 0 aromatic heterocycles. The highest BCUT2D eigenvalue weighted by molar-refractivity contribution is 5.73. The van der Waals surface area contributed by atoms with Gasteiger partial charge in [-0.1, -0.05) is 18.2 Å². The first kappa shape index (κ1) is 14.9. The average molecular weight is 254 g/mol. The van der Waals surface area contributed by atoms with E-state index in [4.69, 9.17) is 14.6 Å². The van der Waals surface area contributed by atoms with E-state index in [1.807, 2.05) is 12.2 Å². The molecule has 1 atom stereocenters. The summed E-state index contributed by atoms with van der Waals surface area (Å²) in [6.45, 7) is 3.71. The van der Waals surface area contributed by atoms with Crippen molar-refractivity contribution in [3.8, 4) is 0 Å². The van der Waals surface area contributed by atoms with Gasteiger partial charge in [0.15, 0.2) is 0 Å². The van der Waals surface area contributed by atoms with Crippen molar-refractivity contribution in [1.29, 1.82) is 0 Å². The van der Waals surface area contributed by atoms with Crippen LogP contribution < -0.4 is 0 Å². The van der Waals surface area contributed by atoms with Gasteiger partial charge in [-0.2, -0.15) is 0 Å². The van der Waals surface area contributed by atoms with Crippen LogP contribution >= 0.6 is 0 Å². The van der Waals surface area contributed by atoms with Gasteiger partial charge < -0.3 is 14.6 Å². The molecule has 0 radical (unpaired) electrons. The summed E-state index contributed by atoms with van der Waals surface area (Å²) >= 11 is 0. The summed E-state index contributed by atoms with van der Waals surface area (Å²) in [5, 5.41) is 9.08. The Bertz CT molecular complexity index is 342. The van der Waals surface area contributed by atoms with E-state index >= 15 is 0 Å². The zero-order valence-electron chi connectivity index (χ0n) is 11.3. The van der Waals surface area contributed by atoms with Gasteiger partial charge in [0.25, 0.3) is 0 Å². The highest BCUT2D eigenvalue weighted by Gasteiger charge is 2.26. The van der Waals surface area contributed by atoms with Crippen LogP contribution in [0.15, 0.2) is 23.8 Å². The maximum absolute atomic E-state index is 11.0. The van der Waals surface area contributed by atoms with Gasteiger partial charge in [0.1, 0.15) is 6.79 Å². The van der Waals surface area contributed by atoms with Gasteiger partial charge >= 0.3 is 5.97 Å². The number of carbonyl (C=O) groups is 1. The van der Waals surface area contributed by atoms with E-state index in [1.54, 1.807) is 21.0 Å². The highest BCUT2D eigenvalue weighted by Crippen LogP contribution is 2.26. The van der Waals surface area contributed by atoms with E-state index < -0.39 is 11.4 Å². The number of methoxy groups -OCH3 is 1. The summed E-state index contributed by atoms with van der Waals surface area (Å²) in [7, 11) is 1.59. The van der Waals surface area contributed by atoms with Crippen LogP contribution in [0.4, 0.5) is 0 Å². The predicted octanol–water partition coefficient (Wildman–Crippen LogP) is 2.75. The predicted molar refractivity (Wildman–Crippen MR) is 69.2 cm³/mol. The molecular formula is C14H22O4. The van der Waals surface area contributed by atoms with Crippen LogP contribution in [-0.4, -0.2) is 31.1 Å². The Morgan fingerprint density at radius 3 is 2.94 bits per heavy atom. The second-order valence-corrected chi connectivity index (χ2v) is 5.14. The lowest BCUT2D eigenvalue weighted by Gasteiger charge is -2.23. The van der Waals surface area contributed by atoms with Crippen molar-refractivity contribution in [3.05, 3.63) is 23.8 Å². The molecule has 4 nitrogen and oxygen atoms in total. The number of ether oxygens (including phenoxy) is 2. The second-order valence-electron chi connectivity index (χ2n) is 5.14. The minimum atomic E-state index is -0.784. The van der Waals surface area contributed by atoms with Crippen molar-refractivity contribution in [2.24, 2.45) is 5.41 Å². The van der Waals surface area contributed by atoms with Gasteiger partial charge in [-0.15, -0.1) is 0 Å². The molecule has 0 aromatic rings. The molecule has 0 unspecified atom stereocenters. The molecule has 0 saturated carbocycles. The molecule has 1 aliphatic carbocycles. The Kier molecular flexibility index (Phi) is 5.56. The lowest BCUT2D eigenvalue weighted by molar-refractivity contribution is -0.146. The summed E-state index contributed by atoms with van der Waals surface area (Å²) in [6, 6.07) is 0. The maximum Gasteiger partial charge on any atom is 0.309 e. The van der Waals surface area contributed by atoms with Gasteiger partial charge in [0.2, 0.25) is 0 Å². The minimum Gasteiger partial charge on any atom is -0.481 e. The third-order valence-electron chi connectivity index (χ3n) is 3.09. The molecule has 0 bridgehead atoms. The minimum absolute atomic E-state index is 0.0135. The van der Waals surface area contributed by atoms with Crippen LogP contribution in [0.3, 0.4) is 0 Å². The van der Waals surface area contributed by atoms with E-state index in [1.165, 1.54) is 0 Å². The molecule has 18 heavy (non-hydrogen) atoms. The fourth-order valence-corrected chi connectivity index (χ4v) is 1.73. The first-order chi connectivity index (χ1) is 8.47. The van der Waals surface area contributed by atoms with Crippen LogP contribution in [0.2, 0.25) is 0 Å². The van der Waals surface area contributed by atoms with Crippen LogP contribution in [-0.2, 0) is 14.3 Å². The van der Waals surface area contributed by atoms with E-state index in [-0.39, 0.29) is 12.9 Å². The lowest BCUT2D eigenvalue weighted by Crippen LogP contribution is -2.24. The van der Waals surface area contributed by atoms with Gasteiger partial charge in [-0.25, -0.2) is 0 Å². The molecule has 0 fully saturated rings. The van der Waals surface area contributed by atoms with E-state index in [2.05, 4.69) is 6.08 Å². The molecule has 0 spiro atoms. The Morgan fingerprint density at radius 1 is 1.61 bits per heavy atom. The molecule has 102 valence electrons. The molecule has 0 aliphatic heterocycles. The SMILES string of the molecule is COCO[C@@H]1CCC=C/C1=C\CC(C)(C)C(=O)O. The Labute approximate surface area is 108 Å². The summed E-state index contributed by atoms with van der Waals surface area (Å²) in [5.74, 6) is -0.784. The van der Waals surface area contributed by atoms with Gasteiger partial charge in [-0.05, 0) is 38.7 Å². The van der Waals surface area contributed by atoms with Gasteiger partial charge in [-0.3, -0.25) is 4.79 Å². The van der Waals surface area contributed by atoms with Crippen LogP contribution in [0, 0.1) is 5.41 Å². The quantitative estimate of drug-likeness (QED) is 0.740. The number of carboxylic acids is 1. The lowest BCUT2D eigenvalue weighted by atomic mass is 9.87. The Hall–Kier alpha value is -1.13. The molecule has 1 N–H and O–H groups in total. The molecule has 0 heterocycles. The molecule has 1 aliphatic rings. The molecular weight excluding hydrogens is 232 g/mol. The number of aliphatic carboxylic acids is 1. The summed E-state index contributed by atoms with van der Waals surface area (Å²) in [4.78, 5) is 11.0. The van der Waals surface area contributed by atoms with Crippen molar-refractivity contribution in [3.63, 3.8) is 0 Å². The maximum atomic E-state index is 11.0. The third kappa shape index (κ3) is 4.27. The molecule has 0 saturated heterocycles. The van der Waals surface area contributed by atoms with Crippen LogP contribution in [0.25, 0.3) is 0 Å². The zero-order valence-corrected chi connectivity index (χ0v) is 11.3. The van der Waals surface area contributed by atoms with Gasteiger partial charge in [0, 0.05) is 7.11 Å². The summed E-state index contributed by atoms with van der Waals surface area (Å²) < 4.78 is 10.5. The first-order valence-electron chi connectivity index (χ1n) is 6.18. The first-order valence-corrected chi connectivity index (χ1v) is 6.18. The van der Waals surface area contributed by atoms with Gasteiger partial charge in [0.05, 0.1) is 11.5 Å². The largest absolute Gasteiger partial charge is 0.481 e. The number of hydrogen-bond acceptors (Lipinski definition) is 3. The number of allylic oxidation sites excluding steroid dienone is 2. The van der Waals surface area contributed by atoms with Crippen molar-refractivity contribution < 1.29 is 19.4 Å². The molecule has 0 aromatic carbocycles. The monoisotopic (exact) mass is 254 g/mol. The Morgan fingerprint density at radius 2 is 2.33 bits per heavy atom. The number of rotatable bonds is 6. The van der Waals surface area contributed by atoms with E-state index in [9.17, 15) is 4.79 Å². The van der Waals surface area contributed by atoms with Crippen molar-refractivity contribution in [1.82, 2.24) is 0 Å². The van der Waals surface area contributed by atoms with E-state index in [0.717, 1.165) is 18.4 Å². The van der Waals surface area contributed by atoms with Crippen LogP contribution in [0.1, 0.15) is 33.1 Å². The smallest absolute Gasteiger partial charge is 0.309 e. The topological polar surface area (TPSA) is 55.8 Å². The average Bonchev–Trinajstić information content (AvgIpc) is 2.34. The number of hydrogen-bond donors (Lipinski definition) is 1. The zero-order chi connectivity index (χ0) is 13.6. The highest BCUT2D eigenvalue weighted by atomic mass is 16.7. The number of carboxylic acid groups (broad SMARTS) is 1. The van der Waals surface area contributed by atoms with Crippen molar-refractivity contribution in [2.75, 3.05) is 13.9 Å².